The number of anilines is 1. The first-order valence-corrected chi connectivity index (χ1v) is 8.95. The number of carbonyl (C=O) groups is 1. The fourth-order valence-corrected chi connectivity index (χ4v) is 3.98. The lowest BCUT2D eigenvalue weighted by molar-refractivity contribution is -0.138. The van der Waals surface area contributed by atoms with Crippen LogP contribution in [0.15, 0.2) is 36.5 Å². The summed E-state index contributed by atoms with van der Waals surface area (Å²) in [5, 5.41) is 7.18. The average Bonchev–Trinajstić information content (AvgIpc) is 2.99. The van der Waals surface area contributed by atoms with Gasteiger partial charge in [-0.25, -0.2) is 4.68 Å². The predicted molar refractivity (Wildman–Crippen MR) is 90.7 cm³/mol. The maximum atomic E-state index is 13.2. The van der Waals surface area contributed by atoms with Crippen molar-refractivity contribution in [2.75, 3.05) is 5.32 Å². The van der Waals surface area contributed by atoms with Gasteiger partial charge in [-0.3, -0.25) is 4.79 Å². The lowest BCUT2D eigenvalue weighted by atomic mass is 10.0. The smallest absolute Gasteiger partial charge is 0.311 e. The predicted octanol–water partition coefficient (Wildman–Crippen LogP) is 4.76. The number of benzene rings is 1. The Morgan fingerprint density at radius 3 is 2.62 bits per heavy atom. The number of hydrogen-bond donors (Lipinski definition) is 1. The highest BCUT2D eigenvalue weighted by molar-refractivity contribution is 5.94. The molecular weight excluding hydrogens is 343 g/mol. The maximum Gasteiger partial charge on any atom is 0.416 e. The summed E-state index contributed by atoms with van der Waals surface area (Å²) in [6.45, 7) is 0. The largest absolute Gasteiger partial charge is 0.416 e. The molecule has 0 spiro atoms. The van der Waals surface area contributed by atoms with Crippen molar-refractivity contribution in [3.63, 3.8) is 0 Å². The second kappa shape index (κ2) is 6.45. The van der Waals surface area contributed by atoms with E-state index in [2.05, 4.69) is 10.4 Å². The quantitative estimate of drug-likeness (QED) is 0.851. The molecule has 2 saturated carbocycles. The Labute approximate surface area is 149 Å². The molecule has 7 heteroatoms. The average molecular weight is 363 g/mol. The number of alkyl halides is 3. The van der Waals surface area contributed by atoms with Crippen molar-refractivity contribution in [2.45, 2.75) is 50.2 Å². The zero-order valence-electron chi connectivity index (χ0n) is 14.2. The van der Waals surface area contributed by atoms with Gasteiger partial charge in [0.15, 0.2) is 0 Å². The summed E-state index contributed by atoms with van der Waals surface area (Å²) in [5.41, 5.74) is -0.430. The van der Waals surface area contributed by atoms with Gasteiger partial charge in [0.1, 0.15) is 5.82 Å². The summed E-state index contributed by atoms with van der Waals surface area (Å²) >= 11 is 0. The van der Waals surface area contributed by atoms with Gasteiger partial charge >= 0.3 is 6.18 Å². The number of amides is 1. The third kappa shape index (κ3) is 3.22. The first kappa shape index (κ1) is 17.1. The molecule has 2 fully saturated rings. The zero-order valence-corrected chi connectivity index (χ0v) is 14.2. The van der Waals surface area contributed by atoms with Gasteiger partial charge < -0.3 is 5.32 Å². The number of halogens is 3. The van der Waals surface area contributed by atoms with E-state index in [4.69, 9.17) is 0 Å². The molecule has 26 heavy (non-hydrogen) atoms. The number of rotatable bonds is 4. The van der Waals surface area contributed by atoms with E-state index in [1.165, 1.54) is 12.1 Å². The van der Waals surface area contributed by atoms with Gasteiger partial charge in [-0.1, -0.05) is 31.0 Å². The molecule has 4 rings (SSSR count). The molecule has 1 amide bonds. The van der Waals surface area contributed by atoms with E-state index in [1.54, 1.807) is 18.3 Å². The van der Waals surface area contributed by atoms with Crippen LogP contribution in [-0.2, 0) is 11.0 Å². The van der Waals surface area contributed by atoms with Crippen LogP contribution in [0, 0.1) is 5.92 Å². The van der Waals surface area contributed by atoms with Crippen molar-refractivity contribution < 1.29 is 18.0 Å². The zero-order chi connectivity index (χ0) is 18.3. The molecule has 2 aliphatic rings. The highest BCUT2D eigenvalue weighted by atomic mass is 19.4. The van der Waals surface area contributed by atoms with E-state index < -0.39 is 17.7 Å². The van der Waals surface area contributed by atoms with Crippen molar-refractivity contribution >= 4 is 11.7 Å². The van der Waals surface area contributed by atoms with Crippen molar-refractivity contribution in [2.24, 2.45) is 5.92 Å². The van der Waals surface area contributed by atoms with Crippen LogP contribution in [0.3, 0.4) is 0 Å². The van der Waals surface area contributed by atoms with Crippen molar-refractivity contribution in [3.05, 3.63) is 47.7 Å². The molecule has 1 heterocycles. The molecule has 2 aromatic rings. The Morgan fingerprint density at radius 1 is 1.15 bits per heavy atom. The summed E-state index contributed by atoms with van der Waals surface area (Å²) in [4.78, 5) is 12.6. The molecule has 138 valence electrons. The summed E-state index contributed by atoms with van der Waals surface area (Å²) in [6.07, 6.45) is 2.06. The van der Waals surface area contributed by atoms with Crippen LogP contribution in [0.2, 0.25) is 0 Å². The number of hydrogen-bond acceptors (Lipinski definition) is 2. The number of nitrogens with zero attached hydrogens (tertiary/aromatic N) is 2. The Kier molecular flexibility index (Phi) is 4.25. The van der Waals surface area contributed by atoms with Crippen LogP contribution in [0.1, 0.15) is 55.2 Å². The minimum absolute atomic E-state index is 0.212. The first-order valence-electron chi connectivity index (χ1n) is 8.95. The topological polar surface area (TPSA) is 46.9 Å². The number of carbonyl (C=O) groups excluding carboxylic acids is 1. The molecule has 2 atom stereocenters. The Balaban J connectivity index is 1.47. The lowest BCUT2D eigenvalue weighted by Crippen LogP contribution is -2.19. The van der Waals surface area contributed by atoms with Gasteiger partial charge in [-0.2, -0.15) is 18.3 Å². The molecule has 2 unspecified atom stereocenters. The van der Waals surface area contributed by atoms with Crippen LogP contribution in [0.5, 0.6) is 0 Å². The number of aromatic nitrogens is 2. The molecule has 4 nitrogen and oxygen atoms in total. The van der Waals surface area contributed by atoms with Crippen molar-refractivity contribution in [1.82, 2.24) is 9.78 Å². The summed E-state index contributed by atoms with van der Waals surface area (Å²) in [7, 11) is 0. The highest BCUT2D eigenvalue weighted by Gasteiger charge is 2.48. The molecule has 2 aliphatic carbocycles. The summed E-state index contributed by atoms with van der Waals surface area (Å²) < 4.78 is 41.4. The minimum atomic E-state index is -4.40. The van der Waals surface area contributed by atoms with E-state index in [0.29, 0.717) is 18.3 Å². The molecule has 0 bridgehead atoms. The van der Waals surface area contributed by atoms with Crippen LogP contribution < -0.4 is 5.32 Å². The van der Waals surface area contributed by atoms with E-state index in [1.807, 2.05) is 4.68 Å². The molecule has 1 N–H and O–H groups in total. The van der Waals surface area contributed by atoms with E-state index in [0.717, 1.165) is 31.7 Å². The Morgan fingerprint density at radius 2 is 1.88 bits per heavy atom. The van der Waals surface area contributed by atoms with Crippen LogP contribution in [-0.4, -0.2) is 15.7 Å². The second-order valence-electron chi connectivity index (χ2n) is 7.12. The molecule has 1 aromatic heterocycles. The molecule has 0 aliphatic heterocycles. The maximum absolute atomic E-state index is 13.2. The Hall–Kier alpha value is -2.31. The van der Waals surface area contributed by atoms with Crippen molar-refractivity contribution in [3.8, 4) is 0 Å². The van der Waals surface area contributed by atoms with Gasteiger partial charge in [0.05, 0.1) is 17.8 Å². The summed E-state index contributed by atoms with van der Waals surface area (Å²) in [5.74, 6) is -0.399. The molecular formula is C19H20F3N3O. The van der Waals surface area contributed by atoms with Gasteiger partial charge in [-0.15, -0.1) is 0 Å². The SMILES string of the molecule is O=C(Nc1ccnn1C1CCCC1)C1CC1c1ccccc1C(F)(F)F. The van der Waals surface area contributed by atoms with E-state index in [-0.39, 0.29) is 17.4 Å². The standard InChI is InChI=1S/C19H20F3N3O/c20-19(21,22)16-8-4-3-7-13(16)14-11-15(14)18(26)24-17-9-10-23-25(17)12-5-1-2-6-12/h3-4,7-10,12,14-15H,1-2,5-6,11H2,(H,24,26). The normalized spacial score (nSPS) is 23.2. The third-order valence-electron chi connectivity index (χ3n) is 5.39. The highest BCUT2D eigenvalue weighted by Crippen LogP contribution is 2.51. The van der Waals surface area contributed by atoms with Gasteiger partial charge in [-0.05, 0) is 36.8 Å². The first-order chi connectivity index (χ1) is 12.4. The minimum Gasteiger partial charge on any atom is -0.311 e. The van der Waals surface area contributed by atoms with Gasteiger partial charge in [0, 0.05) is 12.0 Å². The summed E-state index contributed by atoms with van der Waals surface area (Å²) in [6, 6.07) is 7.57. The molecule has 0 radical (unpaired) electrons. The van der Waals surface area contributed by atoms with Crippen LogP contribution in [0.4, 0.5) is 19.0 Å². The second-order valence-corrected chi connectivity index (χ2v) is 7.12. The fraction of sp³-hybridized carbons (Fsp3) is 0.474. The van der Waals surface area contributed by atoms with E-state index >= 15 is 0 Å². The number of nitrogens with one attached hydrogen (secondary N) is 1. The van der Waals surface area contributed by atoms with Crippen molar-refractivity contribution in [1.29, 1.82) is 0 Å². The van der Waals surface area contributed by atoms with E-state index in [9.17, 15) is 18.0 Å². The van der Waals surface area contributed by atoms with Crippen LogP contribution >= 0.6 is 0 Å². The fourth-order valence-electron chi connectivity index (χ4n) is 3.98. The molecule has 0 saturated heterocycles. The van der Waals surface area contributed by atoms with Crippen LogP contribution in [0.25, 0.3) is 0 Å². The Bertz CT molecular complexity index is 808. The van der Waals surface area contributed by atoms with Gasteiger partial charge in [0.25, 0.3) is 0 Å². The molecule has 1 aromatic carbocycles. The third-order valence-corrected chi connectivity index (χ3v) is 5.39. The monoisotopic (exact) mass is 363 g/mol. The van der Waals surface area contributed by atoms with Gasteiger partial charge in [0.2, 0.25) is 5.91 Å². The lowest BCUT2D eigenvalue weighted by Gasteiger charge is -2.15.